The molecule has 0 saturated carbocycles. The number of fused-ring (bicyclic) bond motifs is 2. The monoisotopic (exact) mass is 603 g/mol. The molecule has 0 amide bonds. The van der Waals surface area contributed by atoms with E-state index >= 15 is 4.39 Å². The molecule has 0 radical (unpaired) electrons. The van der Waals surface area contributed by atoms with Gasteiger partial charge in [-0.25, -0.2) is 18.2 Å². The average molecular weight is 604 g/mol. The van der Waals surface area contributed by atoms with E-state index in [4.69, 9.17) is 20.9 Å². The second-order valence-electron chi connectivity index (χ2n) is 11.8. The molecule has 0 aliphatic carbocycles. The van der Waals surface area contributed by atoms with Crippen molar-refractivity contribution in [3.63, 3.8) is 0 Å². The minimum atomic E-state index is -0.935. The number of aliphatic hydroxyl groups excluding tert-OH is 1. The molecule has 1 N–H and O–H groups in total. The zero-order chi connectivity index (χ0) is 30.6. The van der Waals surface area contributed by atoms with Crippen LogP contribution in [-0.2, 0) is 0 Å². The highest BCUT2D eigenvalue weighted by molar-refractivity contribution is 6.03. The first-order valence-electron chi connectivity index (χ1n) is 15.0. The third-order valence-electron chi connectivity index (χ3n) is 9.27. The molecular weight excluding hydrogens is 571 g/mol. The number of nitrogens with zero attached hydrogens (tertiary/aromatic N) is 5. The van der Waals surface area contributed by atoms with Crippen LogP contribution in [0.15, 0.2) is 30.3 Å². The molecule has 3 aliphatic heterocycles. The first kappa shape index (κ1) is 28.6. The van der Waals surface area contributed by atoms with Crippen molar-refractivity contribution in [1.82, 2.24) is 19.9 Å². The Hall–Kier alpha value is -4.14. The van der Waals surface area contributed by atoms with Crippen LogP contribution in [0.1, 0.15) is 38.2 Å². The van der Waals surface area contributed by atoms with Gasteiger partial charge in [0.1, 0.15) is 47.6 Å². The van der Waals surface area contributed by atoms with Gasteiger partial charge in [0.25, 0.3) is 0 Å². The maximum atomic E-state index is 16.8. The van der Waals surface area contributed by atoms with Gasteiger partial charge in [0.15, 0.2) is 5.82 Å². The molecule has 3 atom stereocenters. The quantitative estimate of drug-likeness (QED) is 0.295. The number of benzene rings is 2. The lowest BCUT2D eigenvalue weighted by atomic mass is 9.95. The lowest BCUT2D eigenvalue weighted by molar-refractivity contribution is 0.107. The highest BCUT2D eigenvalue weighted by Crippen LogP contribution is 2.44. The van der Waals surface area contributed by atoms with Crippen LogP contribution >= 0.6 is 0 Å². The molecule has 2 fully saturated rings. The summed E-state index contributed by atoms with van der Waals surface area (Å²) < 4.78 is 58.5. The van der Waals surface area contributed by atoms with Crippen molar-refractivity contribution in [2.24, 2.45) is 0 Å². The Morgan fingerprint density at radius 1 is 1.18 bits per heavy atom. The van der Waals surface area contributed by atoms with Crippen molar-refractivity contribution in [3.8, 4) is 35.5 Å². The molecule has 7 rings (SSSR count). The molecule has 2 aromatic heterocycles. The van der Waals surface area contributed by atoms with Crippen molar-refractivity contribution < 1.29 is 27.8 Å². The number of pyridine rings is 1. The van der Waals surface area contributed by atoms with E-state index in [1.165, 1.54) is 6.07 Å². The van der Waals surface area contributed by atoms with E-state index in [0.29, 0.717) is 41.5 Å². The van der Waals surface area contributed by atoms with Crippen LogP contribution in [0.2, 0.25) is 0 Å². The Kier molecular flexibility index (Phi) is 7.22. The maximum Gasteiger partial charge on any atom is 0.319 e. The Morgan fingerprint density at radius 3 is 2.84 bits per heavy atom. The van der Waals surface area contributed by atoms with Gasteiger partial charge < -0.3 is 19.5 Å². The highest BCUT2D eigenvalue weighted by atomic mass is 19.1. The molecule has 8 nitrogen and oxygen atoms in total. The van der Waals surface area contributed by atoms with Gasteiger partial charge in [-0.05, 0) is 37.3 Å². The third kappa shape index (κ3) is 4.50. The molecular formula is C33H32F3N5O3. The molecule has 0 bridgehead atoms. The molecule has 5 heterocycles. The summed E-state index contributed by atoms with van der Waals surface area (Å²) in [4.78, 5) is 17.9. The third-order valence-corrected chi connectivity index (χ3v) is 9.27. The molecule has 44 heavy (non-hydrogen) atoms. The molecule has 0 spiro atoms. The van der Waals surface area contributed by atoms with Crippen LogP contribution < -0.4 is 14.4 Å². The fraction of sp³-hybridized carbons (Fsp3) is 0.424. The van der Waals surface area contributed by atoms with Crippen LogP contribution in [0, 0.1) is 24.0 Å². The first-order chi connectivity index (χ1) is 21.4. The second kappa shape index (κ2) is 11.1. The van der Waals surface area contributed by atoms with Gasteiger partial charge in [-0.2, -0.15) is 9.97 Å². The molecule has 11 heteroatoms. The van der Waals surface area contributed by atoms with Crippen LogP contribution in [0.5, 0.6) is 11.9 Å². The molecule has 228 valence electrons. The van der Waals surface area contributed by atoms with Crippen molar-refractivity contribution in [3.05, 3.63) is 47.5 Å². The average Bonchev–Trinajstić information content (AvgIpc) is 3.50. The van der Waals surface area contributed by atoms with Gasteiger partial charge in [0.05, 0.1) is 23.8 Å². The summed E-state index contributed by atoms with van der Waals surface area (Å²) in [7, 11) is 0. The van der Waals surface area contributed by atoms with Crippen LogP contribution in [0.25, 0.3) is 32.9 Å². The Bertz CT molecular complexity index is 1810. The van der Waals surface area contributed by atoms with Crippen LogP contribution in [-0.4, -0.2) is 82.2 Å². The van der Waals surface area contributed by atoms with E-state index in [9.17, 15) is 13.9 Å². The number of alkyl halides is 1. The number of rotatable bonds is 7. The minimum Gasteiger partial charge on any atom is -0.475 e. The summed E-state index contributed by atoms with van der Waals surface area (Å²) in [6.45, 7) is 3.55. The summed E-state index contributed by atoms with van der Waals surface area (Å²) in [5.41, 5.74) is -0.355. The Labute approximate surface area is 252 Å². The summed E-state index contributed by atoms with van der Waals surface area (Å²) in [5, 5.41) is 11.2. The lowest BCUT2D eigenvalue weighted by Crippen LogP contribution is -2.43. The topological polar surface area (TPSA) is 83.8 Å². The van der Waals surface area contributed by atoms with Gasteiger partial charge in [-0.15, -0.1) is 6.42 Å². The van der Waals surface area contributed by atoms with Crippen molar-refractivity contribution >= 4 is 27.5 Å². The molecule has 2 saturated heterocycles. The second-order valence-corrected chi connectivity index (χ2v) is 11.8. The zero-order valence-corrected chi connectivity index (χ0v) is 24.3. The van der Waals surface area contributed by atoms with Gasteiger partial charge in [-0.3, -0.25) is 4.90 Å². The van der Waals surface area contributed by atoms with E-state index in [1.807, 2.05) is 11.8 Å². The minimum absolute atomic E-state index is 0.00172. The van der Waals surface area contributed by atoms with E-state index in [1.54, 1.807) is 24.3 Å². The number of ether oxygens (including phenoxy) is 2. The number of aromatic nitrogens is 3. The molecule has 2 aromatic carbocycles. The fourth-order valence-electron chi connectivity index (χ4n) is 7.17. The summed E-state index contributed by atoms with van der Waals surface area (Å²) in [6, 6.07) is 7.73. The predicted octanol–water partition coefficient (Wildman–Crippen LogP) is 5.03. The number of halogens is 3. The van der Waals surface area contributed by atoms with Crippen molar-refractivity contribution in [1.29, 1.82) is 0 Å². The zero-order valence-electron chi connectivity index (χ0n) is 24.3. The SMILES string of the molecule is C#Cc1c(F)ccc2cccc(-c3nc4c5c(nc(OC[C@@]67CCCN6C[C@H](F)C7)nc5c3F)N(CCO)[C@@H](CC)CO4)c12. The number of terminal acetylenes is 1. The maximum absolute atomic E-state index is 16.8. The predicted molar refractivity (Wildman–Crippen MR) is 161 cm³/mol. The number of β-amino-alcohol motifs (C(OH)–C–C–N with tert-alkyl or cyclic N) is 1. The van der Waals surface area contributed by atoms with Crippen LogP contribution in [0.3, 0.4) is 0 Å². The summed E-state index contributed by atoms with van der Waals surface area (Å²) >= 11 is 0. The summed E-state index contributed by atoms with van der Waals surface area (Å²) in [6.07, 6.45) is 7.51. The van der Waals surface area contributed by atoms with Crippen molar-refractivity contribution in [2.45, 2.75) is 50.4 Å². The normalized spacial score (nSPS) is 23.0. The standard InChI is InChI=1S/C33H32F3N5O3/c1-3-21-17-43-31-26-29(27(36)28(37-31)23-8-5-7-19-9-10-24(35)22(4-2)25(19)23)38-32(39-30(26)41(21)13-14-42)44-18-33-11-6-12-40(33)16-20(34)15-33/h2,5,7-10,20-21,42H,3,6,11-18H2,1H3/t20-,21+,33+/m1/s1. The molecule has 3 aliphatic rings. The summed E-state index contributed by atoms with van der Waals surface area (Å²) in [5.74, 6) is 1.48. The van der Waals surface area contributed by atoms with E-state index in [-0.39, 0.29) is 66.5 Å². The van der Waals surface area contributed by atoms with Crippen molar-refractivity contribution in [2.75, 3.05) is 44.4 Å². The van der Waals surface area contributed by atoms with E-state index in [2.05, 4.69) is 20.8 Å². The lowest BCUT2D eigenvalue weighted by Gasteiger charge is -2.31. The number of aliphatic hydroxyl groups is 1. The van der Waals surface area contributed by atoms with Gasteiger partial charge in [-0.1, -0.05) is 37.1 Å². The fourth-order valence-corrected chi connectivity index (χ4v) is 7.17. The number of anilines is 1. The number of hydrogen-bond donors (Lipinski definition) is 1. The van der Waals surface area contributed by atoms with E-state index < -0.39 is 23.3 Å². The molecule has 0 unspecified atom stereocenters. The Morgan fingerprint density at radius 2 is 2.05 bits per heavy atom. The number of hydrogen-bond acceptors (Lipinski definition) is 8. The largest absolute Gasteiger partial charge is 0.475 e. The molecule has 4 aromatic rings. The van der Waals surface area contributed by atoms with Gasteiger partial charge in [0, 0.05) is 30.5 Å². The van der Waals surface area contributed by atoms with E-state index in [0.717, 1.165) is 19.4 Å². The Balaban J connectivity index is 1.43. The first-order valence-corrected chi connectivity index (χ1v) is 15.0. The van der Waals surface area contributed by atoms with Crippen LogP contribution in [0.4, 0.5) is 19.0 Å². The highest BCUT2D eigenvalue weighted by Gasteiger charge is 2.49. The smallest absolute Gasteiger partial charge is 0.319 e. The van der Waals surface area contributed by atoms with Gasteiger partial charge in [0.2, 0.25) is 5.88 Å². The van der Waals surface area contributed by atoms with Gasteiger partial charge >= 0.3 is 6.01 Å².